The Hall–Kier alpha value is -0.560. The van der Waals surface area contributed by atoms with E-state index in [0.29, 0.717) is 0 Å². The summed E-state index contributed by atoms with van der Waals surface area (Å²) in [6.45, 7) is 2.88. The van der Waals surface area contributed by atoms with Crippen LogP contribution in [-0.4, -0.2) is 9.78 Å². The second-order valence-electron chi connectivity index (χ2n) is 3.06. The molecule has 3 nitrogen and oxygen atoms in total. The summed E-state index contributed by atoms with van der Waals surface area (Å²) in [6.07, 6.45) is 1.79. The molecule has 0 aliphatic heterocycles. The van der Waals surface area contributed by atoms with Crippen LogP contribution in [0.2, 0.25) is 0 Å². The largest absolute Gasteiger partial charge is 0.383 e. The highest BCUT2D eigenvalue weighted by molar-refractivity contribution is 14.1. The Morgan fingerprint density at radius 3 is 2.93 bits per heavy atom. The molecule has 0 aliphatic rings. The topological polar surface area (TPSA) is 43.8 Å². The molecule has 0 saturated heterocycles. The van der Waals surface area contributed by atoms with Crippen molar-refractivity contribution in [3.63, 3.8) is 0 Å². The first-order chi connectivity index (χ1) is 6.68. The van der Waals surface area contributed by atoms with Gasteiger partial charge in [-0.15, -0.1) is 11.3 Å². The third-order valence-corrected chi connectivity index (χ3v) is 3.93. The lowest BCUT2D eigenvalue weighted by molar-refractivity contribution is 0.703. The summed E-state index contributed by atoms with van der Waals surface area (Å²) < 4.78 is 2.84. The fourth-order valence-electron chi connectivity index (χ4n) is 1.20. The van der Waals surface area contributed by atoms with Crippen LogP contribution >= 0.6 is 33.9 Å². The van der Waals surface area contributed by atoms with Gasteiger partial charge in [-0.25, -0.2) is 4.68 Å². The van der Waals surface area contributed by atoms with E-state index in [1.54, 1.807) is 17.5 Å². The third kappa shape index (κ3) is 1.78. The lowest BCUT2D eigenvalue weighted by atomic mass is 10.3. The van der Waals surface area contributed by atoms with Crippen molar-refractivity contribution in [3.8, 4) is 0 Å². The van der Waals surface area contributed by atoms with E-state index in [2.05, 4.69) is 46.1 Å². The van der Waals surface area contributed by atoms with Crippen LogP contribution in [0, 0.1) is 10.5 Å². The molecule has 0 aromatic carbocycles. The van der Waals surface area contributed by atoms with Crippen LogP contribution in [0.25, 0.3) is 0 Å². The second-order valence-corrected chi connectivity index (χ2v) is 5.23. The van der Waals surface area contributed by atoms with Crippen LogP contribution in [0.4, 0.5) is 5.82 Å². The zero-order valence-electron chi connectivity index (χ0n) is 7.70. The number of nitrogen functional groups attached to an aromatic ring is 1. The number of thiophene rings is 1. The standard InChI is InChI=1S/C9H10IN3S/c1-6-2-3-14-8(6)5-13-9(11)7(10)4-12-13/h2-4H,5,11H2,1H3. The molecule has 0 fully saturated rings. The summed E-state index contributed by atoms with van der Waals surface area (Å²) in [5.41, 5.74) is 7.17. The lowest BCUT2D eigenvalue weighted by Gasteiger charge is -2.02. The molecule has 2 aromatic rings. The van der Waals surface area contributed by atoms with Crippen molar-refractivity contribution in [3.05, 3.63) is 31.7 Å². The molecule has 74 valence electrons. The smallest absolute Gasteiger partial charge is 0.135 e. The highest BCUT2D eigenvalue weighted by atomic mass is 127. The summed E-state index contributed by atoms with van der Waals surface area (Å²) in [7, 11) is 0. The average Bonchev–Trinajstić information content (AvgIpc) is 2.68. The summed E-state index contributed by atoms with van der Waals surface area (Å²) in [5.74, 6) is 0.749. The number of hydrogen-bond donors (Lipinski definition) is 1. The fraction of sp³-hybridized carbons (Fsp3) is 0.222. The molecule has 0 spiro atoms. The normalized spacial score (nSPS) is 10.7. The van der Waals surface area contributed by atoms with Crippen molar-refractivity contribution in [2.45, 2.75) is 13.5 Å². The first-order valence-electron chi connectivity index (χ1n) is 4.18. The number of nitrogens with two attached hydrogens (primary N) is 1. The first-order valence-corrected chi connectivity index (χ1v) is 6.14. The number of anilines is 1. The average molecular weight is 319 g/mol. The minimum Gasteiger partial charge on any atom is -0.383 e. The maximum absolute atomic E-state index is 5.87. The molecule has 0 bridgehead atoms. The molecule has 2 heterocycles. The highest BCUT2D eigenvalue weighted by Gasteiger charge is 2.06. The molecule has 0 saturated carbocycles. The predicted octanol–water partition coefficient (Wildman–Crippen LogP) is 2.49. The molecule has 5 heteroatoms. The number of aromatic nitrogens is 2. The Morgan fingerprint density at radius 2 is 2.43 bits per heavy atom. The van der Waals surface area contributed by atoms with Gasteiger partial charge in [0.2, 0.25) is 0 Å². The van der Waals surface area contributed by atoms with Crippen LogP contribution < -0.4 is 5.73 Å². The van der Waals surface area contributed by atoms with Gasteiger partial charge in [-0.05, 0) is 46.5 Å². The Kier molecular flexibility index (Phi) is 2.78. The molecule has 2 rings (SSSR count). The predicted molar refractivity (Wildman–Crippen MR) is 67.5 cm³/mol. The van der Waals surface area contributed by atoms with Gasteiger partial charge in [-0.2, -0.15) is 5.10 Å². The monoisotopic (exact) mass is 319 g/mol. The first kappa shape index (κ1) is 9.97. The number of hydrogen-bond acceptors (Lipinski definition) is 3. The lowest BCUT2D eigenvalue weighted by Crippen LogP contribution is -2.05. The second kappa shape index (κ2) is 3.90. The SMILES string of the molecule is Cc1ccsc1Cn1ncc(I)c1N. The van der Waals surface area contributed by atoms with Gasteiger partial charge < -0.3 is 5.73 Å². The zero-order chi connectivity index (χ0) is 10.1. The Morgan fingerprint density at radius 1 is 1.64 bits per heavy atom. The van der Waals surface area contributed by atoms with Crippen molar-refractivity contribution in [1.82, 2.24) is 9.78 Å². The minimum atomic E-state index is 0.749. The Bertz CT molecular complexity index is 447. The van der Waals surface area contributed by atoms with E-state index in [9.17, 15) is 0 Å². The summed E-state index contributed by atoms with van der Waals surface area (Å²) in [5, 5.41) is 6.31. The quantitative estimate of drug-likeness (QED) is 0.865. The summed E-state index contributed by atoms with van der Waals surface area (Å²) in [4.78, 5) is 1.32. The van der Waals surface area contributed by atoms with Crippen LogP contribution in [0.1, 0.15) is 10.4 Å². The van der Waals surface area contributed by atoms with Crippen LogP contribution in [0.3, 0.4) is 0 Å². The van der Waals surface area contributed by atoms with Gasteiger partial charge in [-0.1, -0.05) is 0 Å². The molecule has 0 aliphatic carbocycles. The van der Waals surface area contributed by atoms with Gasteiger partial charge in [-0.3, -0.25) is 0 Å². The summed E-state index contributed by atoms with van der Waals surface area (Å²) >= 11 is 3.93. The molecule has 0 amide bonds. The Balaban J connectivity index is 2.27. The van der Waals surface area contributed by atoms with E-state index < -0.39 is 0 Å². The van der Waals surface area contributed by atoms with Crippen molar-refractivity contribution in [2.75, 3.05) is 5.73 Å². The Labute approximate surface area is 100 Å². The van der Waals surface area contributed by atoms with Gasteiger partial charge in [0.05, 0.1) is 16.3 Å². The van der Waals surface area contributed by atoms with Crippen LogP contribution in [0.5, 0.6) is 0 Å². The molecule has 2 aromatic heterocycles. The molecule has 0 atom stereocenters. The molecular weight excluding hydrogens is 309 g/mol. The molecule has 14 heavy (non-hydrogen) atoms. The van der Waals surface area contributed by atoms with Gasteiger partial charge in [0, 0.05) is 4.88 Å². The number of aryl methyl sites for hydroxylation is 1. The van der Waals surface area contributed by atoms with E-state index in [4.69, 9.17) is 5.73 Å². The number of halogens is 1. The highest BCUT2D eigenvalue weighted by Crippen LogP contribution is 2.20. The van der Waals surface area contributed by atoms with Crippen molar-refractivity contribution in [2.24, 2.45) is 0 Å². The van der Waals surface area contributed by atoms with Gasteiger partial charge in [0.15, 0.2) is 0 Å². The van der Waals surface area contributed by atoms with Crippen molar-refractivity contribution >= 4 is 39.7 Å². The van der Waals surface area contributed by atoms with Crippen LogP contribution in [0.15, 0.2) is 17.6 Å². The van der Waals surface area contributed by atoms with E-state index in [1.165, 1.54) is 10.4 Å². The molecule has 0 unspecified atom stereocenters. The third-order valence-electron chi connectivity index (χ3n) is 2.09. The minimum absolute atomic E-state index is 0.749. The maximum atomic E-state index is 5.87. The van der Waals surface area contributed by atoms with E-state index in [0.717, 1.165) is 15.9 Å². The zero-order valence-corrected chi connectivity index (χ0v) is 10.7. The fourth-order valence-corrected chi connectivity index (χ4v) is 2.49. The molecular formula is C9H10IN3S. The number of rotatable bonds is 2. The van der Waals surface area contributed by atoms with Gasteiger partial charge >= 0.3 is 0 Å². The van der Waals surface area contributed by atoms with Gasteiger partial charge in [0.25, 0.3) is 0 Å². The van der Waals surface area contributed by atoms with Crippen molar-refractivity contribution in [1.29, 1.82) is 0 Å². The summed E-state index contributed by atoms with van der Waals surface area (Å²) in [6, 6.07) is 2.12. The maximum Gasteiger partial charge on any atom is 0.135 e. The van der Waals surface area contributed by atoms with E-state index in [-0.39, 0.29) is 0 Å². The van der Waals surface area contributed by atoms with Crippen LogP contribution in [-0.2, 0) is 6.54 Å². The number of nitrogens with zero attached hydrogens (tertiary/aromatic N) is 2. The molecule has 0 radical (unpaired) electrons. The van der Waals surface area contributed by atoms with Gasteiger partial charge in [0.1, 0.15) is 5.82 Å². The van der Waals surface area contributed by atoms with Crippen molar-refractivity contribution < 1.29 is 0 Å². The molecule has 2 N–H and O–H groups in total. The van der Waals surface area contributed by atoms with E-state index >= 15 is 0 Å². The van der Waals surface area contributed by atoms with E-state index in [1.807, 2.05) is 4.68 Å².